The lowest BCUT2D eigenvalue weighted by molar-refractivity contribution is -0.113. The number of rotatable bonds is 4. The number of H-pyrrole nitrogens is 1. The highest BCUT2D eigenvalue weighted by Crippen LogP contribution is 2.21. The van der Waals surface area contributed by atoms with Crippen LogP contribution in [0.15, 0.2) is 34.2 Å². The van der Waals surface area contributed by atoms with Gasteiger partial charge >= 0.3 is 0 Å². The van der Waals surface area contributed by atoms with Gasteiger partial charge in [-0.05, 0) is 31.2 Å². The summed E-state index contributed by atoms with van der Waals surface area (Å²) in [5, 5.41) is 2.99. The van der Waals surface area contributed by atoms with Gasteiger partial charge < -0.3 is 10.3 Å². The summed E-state index contributed by atoms with van der Waals surface area (Å²) in [5.41, 5.74) is 2.04. The largest absolute Gasteiger partial charge is 0.353 e. The van der Waals surface area contributed by atoms with Crippen LogP contribution < -0.4 is 10.9 Å². The van der Waals surface area contributed by atoms with Gasteiger partial charge in [0.05, 0.1) is 16.3 Å². The van der Waals surface area contributed by atoms with Crippen molar-refractivity contribution >= 4 is 46.0 Å². The van der Waals surface area contributed by atoms with E-state index in [1.807, 2.05) is 6.92 Å². The Kier molecular flexibility index (Phi) is 4.82. The van der Waals surface area contributed by atoms with Gasteiger partial charge in [-0.1, -0.05) is 23.4 Å². The molecule has 6 nitrogen and oxygen atoms in total. The van der Waals surface area contributed by atoms with Crippen LogP contribution in [0.1, 0.15) is 5.69 Å². The quantitative estimate of drug-likeness (QED) is 0.538. The van der Waals surface area contributed by atoms with Crippen LogP contribution in [0.5, 0.6) is 0 Å². The molecule has 0 aliphatic carbocycles. The van der Waals surface area contributed by atoms with Crippen molar-refractivity contribution in [1.29, 1.82) is 0 Å². The Morgan fingerprint density at radius 1 is 1.44 bits per heavy atom. The summed E-state index contributed by atoms with van der Waals surface area (Å²) in [6.45, 7) is 1.84. The maximum atomic E-state index is 13.1. The Hall–Kier alpha value is -2.32. The molecule has 0 saturated heterocycles. The summed E-state index contributed by atoms with van der Waals surface area (Å²) >= 11 is 6.82. The highest BCUT2D eigenvalue weighted by atomic mass is 35.5. The van der Waals surface area contributed by atoms with Crippen molar-refractivity contribution in [3.8, 4) is 0 Å². The SMILES string of the molecule is Cc1cc2nc(SCC(=O)Nc3ccc(F)c(Cl)c3)n(C)c(=O)c2[nH]1. The summed E-state index contributed by atoms with van der Waals surface area (Å²) in [6, 6.07) is 5.72. The zero-order valence-corrected chi connectivity index (χ0v) is 15.0. The normalized spacial score (nSPS) is 11.0. The number of amides is 1. The monoisotopic (exact) mass is 380 g/mol. The maximum Gasteiger partial charge on any atom is 0.278 e. The van der Waals surface area contributed by atoms with Crippen molar-refractivity contribution in [2.45, 2.75) is 12.1 Å². The van der Waals surface area contributed by atoms with E-state index in [0.717, 1.165) is 17.5 Å². The van der Waals surface area contributed by atoms with E-state index in [-0.39, 0.29) is 22.2 Å². The van der Waals surface area contributed by atoms with Gasteiger partial charge in [0.2, 0.25) is 5.91 Å². The predicted molar refractivity (Wildman–Crippen MR) is 96.8 cm³/mol. The Labute approximate surface area is 151 Å². The number of benzene rings is 1. The molecule has 0 radical (unpaired) electrons. The summed E-state index contributed by atoms with van der Waals surface area (Å²) in [7, 11) is 1.60. The van der Waals surface area contributed by atoms with E-state index in [1.54, 1.807) is 13.1 Å². The van der Waals surface area contributed by atoms with Gasteiger partial charge in [-0.3, -0.25) is 14.2 Å². The molecule has 0 saturated carbocycles. The molecule has 3 rings (SSSR count). The van der Waals surface area contributed by atoms with Crippen LogP contribution in [-0.2, 0) is 11.8 Å². The number of aromatic nitrogens is 3. The summed E-state index contributed by atoms with van der Waals surface area (Å²) in [6.07, 6.45) is 0. The fraction of sp³-hybridized carbons (Fsp3) is 0.188. The lowest BCUT2D eigenvalue weighted by Crippen LogP contribution is -2.21. The molecule has 2 aromatic heterocycles. The molecule has 9 heteroatoms. The van der Waals surface area contributed by atoms with Gasteiger partial charge in [0.15, 0.2) is 5.16 Å². The van der Waals surface area contributed by atoms with E-state index in [0.29, 0.717) is 21.9 Å². The van der Waals surface area contributed by atoms with E-state index >= 15 is 0 Å². The number of carbonyl (C=O) groups is 1. The van der Waals surface area contributed by atoms with Crippen LogP contribution in [0.3, 0.4) is 0 Å². The third-order valence-electron chi connectivity index (χ3n) is 3.49. The molecule has 25 heavy (non-hydrogen) atoms. The highest BCUT2D eigenvalue weighted by molar-refractivity contribution is 7.99. The Morgan fingerprint density at radius 3 is 2.92 bits per heavy atom. The van der Waals surface area contributed by atoms with Crippen molar-refractivity contribution in [1.82, 2.24) is 14.5 Å². The van der Waals surface area contributed by atoms with Crippen LogP contribution in [0.25, 0.3) is 11.0 Å². The third-order valence-corrected chi connectivity index (χ3v) is 4.81. The second kappa shape index (κ2) is 6.89. The summed E-state index contributed by atoms with van der Waals surface area (Å²) < 4.78 is 14.5. The first kappa shape index (κ1) is 17.5. The van der Waals surface area contributed by atoms with E-state index in [2.05, 4.69) is 15.3 Å². The molecule has 0 fully saturated rings. The Balaban J connectivity index is 1.73. The number of anilines is 1. The smallest absolute Gasteiger partial charge is 0.278 e. The Morgan fingerprint density at radius 2 is 2.20 bits per heavy atom. The minimum Gasteiger partial charge on any atom is -0.353 e. The van der Waals surface area contributed by atoms with Crippen LogP contribution in [0.2, 0.25) is 5.02 Å². The minimum absolute atomic E-state index is 0.0458. The molecule has 0 unspecified atom stereocenters. The van der Waals surface area contributed by atoms with Crippen molar-refractivity contribution in [2.75, 3.05) is 11.1 Å². The first-order valence-corrected chi connectivity index (χ1v) is 8.65. The first-order valence-electron chi connectivity index (χ1n) is 7.29. The molecule has 0 aliphatic rings. The number of aromatic amines is 1. The van der Waals surface area contributed by atoms with Gasteiger partial charge in [0.25, 0.3) is 5.56 Å². The van der Waals surface area contributed by atoms with Crippen LogP contribution in [-0.4, -0.2) is 26.2 Å². The third kappa shape index (κ3) is 3.69. The van der Waals surface area contributed by atoms with Crippen molar-refractivity contribution in [2.24, 2.45) is 7.05 Å². The van der Waals surface area contributed by atoms with Crippen LogP contribution in [0.4, 0.5) is 10.1 Å². The van der Waals surface area contributed by atoms with E-state index < -0.39 is 5.82 Å². The number of halogens is 2. The predicted octanol–water partition coefficient (Wildman–Crippen LogP) is 3.09. The second-order valence-electron chi connectivity index (χ2n) is 5.44. The lowest BCUT2D eigenvalue weighted by Gasteiger charge is -2.08. The number of nitrogens with one attached hydrogen (secondary N) is 2. The molecule has 3 aromatic rings. The van der Waals surface area contributed by atoms with Gasteiger partial charge in [-0.25, -0.2) is 9.37 Å². The van der Waals surface area contributed by atoms with Gasteiger partial charge in [-0.15, -0.1) is 0 Å². The summed E-state index contributed by atoms with van der Waals surface area (Å²) in [5.74, 6) is -0.819. The van der Waals surface area contributed by atoms with E-state index in [1.165, 1.54) is 22.8 Å². The number of hydrogen-bond acceptors (Lipinski definition) is 4. The molecule has 0 bridgehead atoms. The fourth-order valence-corrected chi connectivity index (χ4v) is 3.24. The molecule has 0 spiro atoms. The molecule has 0 aliphatic heterocycles. The average molecular weight is 381 g/mol. The van der Waals surface area contributed by atoms with Gasteiger partial charge in [0, 0.05) is 18.4 Å². The Bertz CT molecular complexity index is 1030. The first-order chi connectivity index (χ1) is 11.8. The molecular formula is C16H14ClFN4O2S. The zero-order valence-electron chi connectivity index (χ0n) is 13.4. The van der Waals surface area contributed by atoms with E-state index in [9.17, 15) is 14.0 Å². The molecule has 2 N–H and O–H groups in total. The van der Waals surface area contributed by atoms with Crippen molar-refractivity contribution in [3.05, 3.63) is 51.2 Å². The molecule has 1 aromatic carbocycles. The molecule has 1 amide bonds. The number of carbonyl (C=O) groups excluding carboxylic acids is 1. The number of thioether (sulfide) groups is 1. The van der Waals surface area contributed by atoms with E-state index in [4.69, 9.17) is 11.6 Å². The van der Waals surface area contributed by atoms with Crippen LogP contribution in [0, 0.1) is 12.7 Å². The van der Waals surface area contributed by atoms with Crippen molar-refractivity contribution in [3.63, 3.8) is 0 Å². The zero-order chi connectivity index (χ0) is 18.1. The van der Waals surface area contributed by atoms with Gasteiger partial charge in [0.1, 0.15) is 11.3 Å². The second-order valence-corrected chi connectivity index (χ2v) is 6.79. The summed E-state index contributed by atoms with van der Waals surface area (Å²) in [4.78, 5) is 31.7. The van der Waals surface area contributed by atoms with Crippen molar-refractivity contribution < 1.29 is 9.18 Å². The lowest BCUT2D eigenvalue weighted by atomic mass is 10.3. The number of aryl methyl sites for hydroxylation is 1. The fourth-order valence-electron chi connectivity index (χ4n) is 2.29. The maximum absolute atomic E-state index is 13.1. The molecule has 2 heterocycles. The average Bonchev–Trinajstić information content (AvgIpc) is 2.94. The number of hydrogen-bond donors (Lipinski definition) is 2. The minimum atomic E-state index is -0.552. The standard InChI is InChI=1S/C16H14ClFN4O2S/c1-8-5-12-14(19-8)15(24)22(2)16(21-12)25-7-13(23)20-9-3-4-11(18)10(17)6-9/h3-6,19H,7H2,1-2H3,(H,20,23). The van der Waals surface area contributed by atoms with Gasteiger partial charge in [-0.2, -0.15) is 0 Å². The topological polar surface area (TPSA) is 79.8 Å². The number of nitrogens with zero attached hydrogens (tertiary/aromatic N) is 2. The van der Waals surface area contributed by atoms with Crippen LogP contribution >= 0.6 is 23.4 Å². The number of fused-ring (bicyclic) bond motifs is 1. The molecule has 0 atom stereocenters. The molecule has 130 valence electrons. The highest BCUT2D eigenvalue weighted by Gasteiger charge is 2.13. The molecular weight excluding hydrogens is 367 g/mol.